The number of benzene rings is 1. The van der Waals surface area contributed by atoms with Gasteiger partial charge in [0.15, 0.2) is 5.78 Å². The molecular formula is C19H26N4O3. The van der Waals surface area contributed by atoms with Gasteiger partial charge in [-0.25, -0.2) is 4.99 Å². The fraction of sp³-hybridized carbons (Fsp3) is 0.368. The minimum atomic E-state index is -0.0857. The number of anilines is 1. The van der Waals surface area contributed by atoms with Crippen LogP contribution in [0.4, 0.5) is 11.4 Å². The largest absolute Gasteiger partial charge is 0.397 e. The van der Waals surface area contributed by atoms with E-state index in [1.165, 1.54) is 6.08 Å². The minimum absolute atomic E-state index is 0.0755. The summed E-state index contributed by atoms with van der Waals surface area (Å²) in [6, 6.07) is 7.60. The Morgan fingerprint density at radius 1 is 1.08 bits per heavy atom. The number of aliphatic hydroxyl groups is 2. The van der Waals surface area contributed by atoms with E-state index in [0.717, 1.165) is 17.9 Å². The molecule has 0 heterocycles. The predicted octanol–water partition coefficient (Wildman–Crippen LogP) is 0.829. The van der Waals surface area contributed by atoms with Crippen molar-refractivity contribution in [2.45, 2.75) is 6.92 Å². The number of hydrogen-bond donors (Lipinski definition) is 4. The number of rotatable bonds is 9. The molecule has 0 aromatic heterocycles. The van der Waals surface area contributed by atoms with Crippen LogP contribution in [0.15, 0.2) is 52.7 Å². The highest BCUT2D eigenvalue weighted by Crippen LogP contribution is 2.19. The smallest absolute Gasteiger partial charge is 0.183 e. The molecule has 7 heteroatoms. The molecule has 0 fully saturated rings. The Balaban J connectivity index is 1.93. The molecule has 1 aliphatic carbocycles. The Morgan fingerprint density at radius 2 is 1.73 bits per heavy atom. The van der Waals surface area contributed by atoms with Crippen LogP contribution in [0, 0.1) is 0 Å². The lowest BCUT2D eigenvalue weighted by atomic mass is 10.0. The van der Waals surface area contributed by atoms with E-state index >= 15 is 0 Å². The molecule has 0 bridgehead atoms. The maximum atomic E-state index is 11.6. The van der Waals surface area contributed by atoms with Gasteiger partial charge in [-0.3, -0.25) is 9.69 Å². The van der Waals surface area contributed by atoms with Crippen LogP contribution in [0.25, 0.3) is 0 Å². The molecule has 0 atom stereocenters. The van der Waals surface area contributed by atoms with Crippen LogP contribution in [0.1, 0.15) is 6.92 Å². The summed E-state index contributed by atoms with van der Waals surface area (Å²) < 4.78 is 0. The molecule has 5 N–H and O–H groups in total. The first kappa shape index (κ1) is 19.8. The van der Waals surface area contributed by atoms with Gasteiger partial charge < -0.3 is 21.3 Å². The van der Waals surface area contributed by atoms with Crippen molar-refractivity contribution in [1.29, 1.82) is 0 Å². The molecule has 2 rings (SSSR count). The van der Waals surface area contributed by atoms with Crippen LogP contribution < -0.4 is 11.1 Å². The lowest BCUT2D eigenvalue weighted by Gasteiger charge is -2.20. The molecule has 0 spiro atoms. The van der Waals surface area contributed by atoms with Crippen molar-refractivity contribution >= 4 is 22.9 Å². The zero-order valence-electron chi connectivity index (χ0n) is 15.0. The Bertz CT molecular complexity index is 702. The number of nitrogens with two attached hydrogens (primary N) is 1. The van der Waals surface area contributed by atoms with E-state index < -0.39 is 0 Å². The fourth-order valence-corrected chi connectivity index (χ4v) is 2.55. The minimum Gasteiger partial charge on any atom is -0.397 e. The molecule has 0 radical (unpaired) electrons. The van der Waals surface area contributed by atoms with E-state index in [4.69, 9.17) is 15.9 Å². The van der Waals surface area contributed by atoms with Gasteiger partial charge in [0.2, 0.25) is 0 Å². The van der Waals surface area contributed by atoms with E-state index in [0.29, 0.717) is 36.6 Å². The van der Waals surface area contributed by atoms with E-state index in [1.807, 2.05) is 29.2 Å². The molecular weight excluding hydrogens is 332 g/mol. The van der Waals surface area contributed by atoms with Gasteiger partial charge in [0.05, 0.1) is 30.3 Å². The first-order valence-electron chi connectivity index (χ1n) is 8.60. The topological polar surface area (TPSA) is 111 Å². The van der Waals surface area contributed by atoms with Gasteiger partial charge in [0.1, 0.15) is 0 Å². The van der Waals surface area contributed by atoms with Gasteiger partial charge in [-0.1, -0.05) is 0 Å². The molecule has 0 amide bonds. The molecule has 0 aliphatic heterocycles. The lowest BCUT2D eigenvalue weighted by molar-refractivity contribution is -0.111. The van der Waals surface area contributed by atoms with Crippen LogP contribution >= 0.6 is 0 Å². The number of ketones is 1. The number of allylic oxidation sites excluding steroid dienone is 3. The number of aliphatic hydroxyl groups excluding tert-OH is 2. The van der Waals surface area contributed by atoms with E-state index in [9.17, 15) is 4.79 Å². The standard InChI is InChI=1S/C19H26N4O3/c1-14-12-18(17(20)13-19(14)26)22-16-4-2-15(3-5-16)21-6-7-23(8-10-24)9-11-25/h2-5,12-13,21,24-25H,6-11,20H2,1H3/b22-18-. The summed E-state index contributed by atoms with van der Waals surface area (Å²) in [5, 5.41) is 21.3. The number of carbonyl (C=O) groups excluding carboxylic acids is 1. The molecule has 26 heavy (non-hydrogen) atoms. The Hall–Kier alpha value is -2.48. The molecule has 140 valence electrons. The number of nitrogens with one attached hydrogen (secondary N) is 1. The third-order valence-electron chi connectivity index (χ3n) is 4.03. The second-order valence-corrected chi connectivity index (χ2v) is 6.05. The highest BCUT2D eigenvalue weighted by atomic mass is 16.3. The van der Waals surface area contributed by atoms with Crippen LogP contribution in [0.5, 0.6) is 0 Å². The summed E-state index contributed by atoms with van der Waals surface area (Å²) in [6.45, 7) is 4.41. The fourth-order valence-electron chi connectivity index (χ4n) is 2.55. The van der Waals surface area contributed by atoms with Crippen LogP contribution in [0.2, 0.25) is 0 Å². The monoisotopic (exact) mass is 358 g/mol. The van der Waals surface area contributed by atoms with Crippen molar-refractivity contribution in [2.75, 3.05) is 44.7 Å². The summed E-state index contributed by atoms with van der Waals surface area (Å²) in [4.78, 5) is 18.0. The zero-order chi connectivity index (χ0) is 18.9. The van der Waals surface area contributed by atoms with Crippen molar-refractivity contribution in [3.8, 4) is 0 Å². The van der Waals surface area contributed by atoms with Crippen molar-refractivity contribution in [3.63, 3.8) is 0 Å². The van der Waals surface area contributed by atoms with Crippen molar-refractivity contribution in [3.05, 3.63) is 47.7 Å². The van der Waals surface area contributed by atoms with E-state index in [2.05, 4.69) is 10.3 Å². The number of aliphatic imine (C=N–C) groups is 1. The maximum absolute atomic E-state index is 11.6. The predicted molar refractivity (Wildman–Crippen MR) is 104 cm³/mol. The van der Waals surface area contributed by atoms with Gasteiger partial charge >= 0.3 is 0 Å². The molecule has 0 saturated heterocycles. The zero-order valence-corrected chi connectivity index (χ0v) is 15.0. The number of nitrogens with zero attached hydrogens (tertiary/aromatic N) is 2. The van der Waals surface area contributed by atoms with Crippen LogP contribution in [-0.2, 0) is 4.79 Å². The molecule has 1 aliphatic rings. The molecule has 1 aromatic rings. The molecule has 0 unspecified atom stereocenters. The average Bonchev–Trinajstić information content (AvgIpc) is 2.61. The highest BCUT2D eigenvalue weighted by Gasteiger charge is 2.13. The molecule has 7 nitrogen and oxygen atoms in total. The Morgan fingerprint density at radius 3 is 2.35 bits per heavy atom. The van der Waals surface area contributed by atoms with Crippen molar-refractivity contribution in [2.24, 2.45) is 10.7 Å². The van der Waals surface area contributed by atoms with Gasteiger partial charge in [-0.05, 0) is 42.8 Å². The van der Waals surface area contributed by atoms with Gasteiger partial charge in [0, 0.05) is 37.9 Å². The average molecular weight is 358 g/mol. The van der Waals surface area contributed by atoms with E-state index in [-0.39, 0.29) is 19.0 Å². The van der Waals surface area contributed by atoms with Crippen molar-refractivity contribution < 1.29 is 15.0 Å². The quantitative estimate of drug-likeness (QED) is 0.487. The number of carbonyl (C=O) groups is 1. The molecule has 0 saturated carbocycles. The Kier molecular flexibility index (Phi) is 7.53. The van der Waals surface area contributed by atoms with Crippen LogP contribution in [0.3, 0.4) is 0 Å². The lowest BCUT2D eigenvalue weighted by Crippen LogP contribution is -2.34. The highest BCUT2D eigenvalue weighted by molar-refractivity contribution is 6.21. The summed E-state index contributed by atoms with van der Waals surface area (Å²) in [6.07, 6.45) is 3.09. The summed E-state index contributed by atoms with van der Waals surface area (Å²) in [5.74, 6) is -0.0857. The first-order valence-corrected chi connectivity index (χ1v) is 8.60. The van der Waals surface area contributed by atoms with E-state index in [1.54, 1.807) is 13.0 Å². The van der Waals surface area contributed by atoms with Gasteiger partial charge in [0.25, 0.3) is 0 Å². The summed E-state index contributed by atoms with van der Waals surface area (Å²) in [7, 11) is 0. The normalized spacial score (nSPS) is 16.0. The van der Waals surface area contributed by atoms with Crippen LogP contribution in [-0.4, -0.2) is 66.0 Å². The number of hydrogen-bond acceptors (Lipinski definition) is 7. The summed E-state index contributed by atoms with van der Waals surface area (Å²) in [5.41, 5.74) is 9.15. The SMILES string of the molecule is CC1=C/C(=N/c2ccc(NCCN(CCO)CCO)cc2)C(N)=CC1=O. The van der Waals surface area contributed by atoms with Gasteiger partial charge in [-0.2, -0.15) is 0 Å². The Labute approximate surface area is 153 Å². The first-order chi connectivity index (χ1) is 12.5. The second kappa shape index (κ2) is 9.86. The summed E-state index contributed by atoms with van der Waals surface area (Å²) >= 11 is 0. The molecule has 1 aromatic carbocycles. The van der Waals surface area contributed by atoms with Crippen molar-refractivity contribution in [1.82, 2.24) is 4.90 Å². The second-order valence-electron chi connectivity index (χ2n) is 6.05. The third-order valence-corrected chi connectivity index (χ3v) is 4.03. The van der Waals surface area contributed by atoms with Gasteiger partial charge in [-0.15, -0.1) is 0 Å². The third kappa shape index (κ3) is 5.80. The maximum Gasteiger partial charge on any atom is 0.183 e.